The number of hydrogen-bond acceptors (Lipinski definition) is 3. The summed E-state index contributed by atoms with van der Waals surface area (Å²) in [6.45, 7) is 4.18. The van der Waals surface area contributed by atoms with Crippen LogP contribution in [-0.2, 0) is 16.1 Å². The zero-order chi connectivity index (χ0) is 23.8. The number of unbranched alkanes of at least 4 members (excludes halogenated alkanes) is 1. The molecule has 0 heterocycles. The first-order valence-electron chi connectivity index (χ1n) is 11.0. The number of amides is 2. The van der Waals surface area contributed by atoms with Crippen LogP contribution >= 0.6 is 23.2 Å². The maximum absolute atomic E-state index is 13.3. The van der Waals surface area contributed by atoms with E-state index in [4.69, 9.17) is 27.9 Å². The van der Waals surface area contributed by atoms with Crippen LogP contribution in [0.15, 0.2) is 60.7 Å². The molecule has 1 unspecified atom stereocenters. The minimum Gasteiger partial charge on any atom is -0.483 e. The van der Waals surface area contributed by atoms with Crippen LogP contribution in [0.3, 0.4) is 0 Å². The van der Waals surface area contributed by atoms with E-state index in [-0.39, 0.29) is 25.0 Å². The highest BCUT2D eigenvalue weighted by molar-refractivity contribution is 6.36. The van der Waals surface area contributed by atoms with Gasteiger partial charge in [0, 0.05) is 34.1 Å². The third-order valence-electron chi connectivity index (χ3n) is 5.49. The quantitative estimate of drug-likeness (QED) is 0.365. The number of rotatable bonds is 10. The zero-order valence-corrected chi connectivity index (χ0v) is 20.3. The van der Waals surface area contributed by atoms with Gasteiger partial charge in [-0.1, -0.05) is 79.0 Å². The molecule has 7 heteroatoms. The van der Waals surface area contributed by atoms with Crippen molar-refractivity contribution in [2.24, 2.45) is 0 Å². The van der Waals surface area contributed by atoms with E-state index in [0.717, 1.165) is 23.6 Å². The first kappa shape index (κ1) is 24.9. The summed E-state index contributed by atoms with van der Waals surface area (Å²) in [6, 6.07) is 17.9. The molecule has 0 saturated heterocycles. The zero-order valence-electron chi connectivity index (χ0n) is 18.8. The predicted octanol–water partition coefficient (Wildman–Crippen LogP) is 5.86. The molecule has 2 amide bonds. The minimum atomic E-state index is -0.724. The Bertz CT molecular complexity index is 1090. The van der Waals surface area contributed by atoms with Gasteiger partial charge in [-0.25, -0.2) is 0 Å². The van der Waals surface area contributed by atoms with E-state index in [1.54, 1.807) is 25.1 Å². The summed E-state index contributed by atoms with van der Waals surface area (Å²) in [5.41, 5.74) is 0.590. The number of nitrogens with one attached hydrogen (secondary N) is 1. The molecular formula is C26H28Cl2N2O3. The Morgan fingerprint density at radius 2 is 1.67 bits per heavy atom. The third-order valence-corrected chi connectivity index (χ3v) is 6.20. The molecule has 1 atom stereocenters. The molecule has 0 spiro atoms. The van der Waals surface area contributed by atoms with Gasteiger partial charge in [-0.3, -0.25) is 9.59 Å². The Kier molecular flexibility index (Phi) is 8.98. The lowest BCUT2D eigenvalue weighted by molar-refractivity contribution is -0.142. The van der Waals surface area contributed by atoms with Crippen molar-refractivity contribution in [2.45, 2.75) is 39.3 Å². The van der Waals surface area contributed by atoms with Gasteiger partial charge in [0.2, 0.25) is 5.91 Å². The van der Waals surface area contributed by atoms with Crippen molar-refractivity contribution < 1.29 is 14.3 Å². The van der Waals surface area contributed by atoms with Crippen LogP contribution in [-0.4, -0.2) is 35.9 Å². The van der Waals surface area contributed by atoms with Crippen molar-refractivity contribution in [2.75, 3.05) is 13.2 Å². The molecule has 0 radical (unpaired) electrons. The van der Waals surface area contributed by atoms with Crippen molar-refractivity contribution in [1.82, 2.24) is 10.2 Å². The van der Waals surface area contributed by atoms with Gasteiger partial charge in [0.25, 0.3) is 5.91 Å². The Morgan fingerprint density at radius 1 is 1.00 bits per heavy atom. The lowest BCUT2D eigenvalue weighted by Crippen LogP contribution is -2.49. The average Bonchev–Trinajstić information content (AvgIpc) is 2.82. The van der Waals surface area contributed by atoms with Gasteiger partial charge < -0.3 is 15.0 Å². The van der Waals surface area contributed by atoms with Gasteiger partial charge in [-0.15, -0.1) is 0 Å². The third kappa shape index (κ3) is 6.40. The Hall–Kier alpha value is -2.76. The molecular weight excluding hydrogens is 459 g/mol. The molecule has 1 N–H and O–H groups in total. The molecule has 0 aliphatic carbocycles. The number of carbonyl (C=O) groups is 2. The molecule has 0 aliphatic rings. The van der Waals surface area contributed by atoms with Gasteiger partial charge in [0.05, 0.1) is 0 Å². The molecule has 5 nitrogen and oxygen atoms in total. The van der Waals surface area contributed by atoms with E-state index in [9.17, 15) is 9.59 Å². The number of carbonyl (C=O) groups excluding carboxylic acids is 2. The van der Waals surface area contributed by atoms with Crippen LogP contribution in [0.25, 0.3) is 10.8 Å². The lowest BCUT2D eigenvalue weighted by atomic mass is 10.1. The van der Waals surface area contributed by atoms with Crippen molar-refractivity contribution in [1.29, 1.82) is 0 Å². The van der Waals surface area contributed by atoms with E-state index >= 15 is 0 Å². The highest BCUT2D eigenvalue weighted by atomic mass is 35.5. The van der Waals surface area contributed by atoms with Crippen molar-refractivity contribution in [3.63, 3.8) is 0 Å². The van der Waals surface area contributed by atoms with Crippen molar-refractivity contribution in [3.8, 4) is 5.75 Å². The van der Waals surface area contributed by atoms with Crippen LogP contribution < -0.4 is 10.1 Å². The summed E-state index contributed by atoms with van der Waals surface area (Å²) in [6.07, 6.45) is 1.83. The molecule has 0 aliphatic heterocycles. The maximum atomic E-state index is 13.3. The molecule has 0 saturated carbocycles. The second-order valence-corrected chi connectivity index (χ2v) is 8.62. The number of ether oxygens (including phenoxy) is 1. The van der Waals surface area contributed by atoms with Crippen LogP contribution in [0.2, 0.25) is 10.0 Å². The summed E-state index contributed by atoms with van der Waals surface area (Å²) in [7, 11) is 0. The fourth-order valence-corrected chi connectivity index (χ4v) is 4.03. The largest absolute Gasteiger partial charge is 0.483 e. The predicted molar refractivity (Wildman–Crippen MR) is 134 cm³/mol. The van der Waals surface area contributed by atoms with Gasteiger partial charge in [-0.05, 0) is 36.9 Å². The molecule has 0 aromatic heterocycles. The fraction of sp³-hybridized carbons (Fsp3) is 0.308. The van der Waals surface area contributed by atoms with Gasteiger partial charge in [0.1, 0.15) is 11.8 Å². The maximum Gasteiger partial charge on any atom is 0.261 e. The molecule has 174 valence electrons. The van der Waals surface area contributed by atoms with Gasteiger partial charge in [0.15, 0.2) is 6.61 Å². The minimum absolute atomic E-state index is 0.0958. The number of fused-ring (bicyclic) bond motifs is 1. The van der Waals surface area contributed by atoms with E-state index < -0.39 is 6.04 Å². The van der Waals surface area contributed by atoms with E-state index in [2.05, 4.69) is 12.2 Å². The smallest absolute Gasteiger partial charge is 0.261 e. The van der Waals surface area contributed by atoms with Crippen LogP contribution in [0.5, 0.6) is 5.75 Å². The first-order chi connectivity index (χ1) is 15.9. The Balaban J connectivity index is 1.81. The van der Waals surface area contributed by atoms with Crippen LogP contribution in [0, 0.1) is 0 Å². The van der Waals surface area contributed by atoms with Gasteiger partial charge in [-0.2, -0.15) is 0 Å². The molecule has 33 heavy (non-hydrogen) atoms. The Morgan fingerprint density at radius 3 is 2.39 bits per heavy atom. The average molecular weight is 487 g/mol. The van der Waals surface area contributed by atoms with Gasteiger partial charge >= 0.3 is 0 Å². The topological polar surface area (TPSA) is 58.6 Å². The van der Waals surface area contributed by atoms with Crippen LogP contribution in [0.4, 0.5) is 0 Å². The summed E-state index contributed by atoms with van der Waals surface area (Å²) in [4.78, 5) is 27.5. The first-order valence-corrected chi connectivity index (χ1v) is 11.8. The molecule has 3 aromatic rings. The summed E-state index contributed by atoms with van der Waals surface area (Å²) < 4.78 is 5.90. The molecule has 0 bridgehead atoms. The number of nitrogens with zero attached hydrogens (tertiary/aromatic N) is 1. The fourth-order valence-electron chi connectivity index (χ4n) is 3.52. The SMILES string of the molecule is CCCCNC(=O)C(C)N(Cc1c(Cl)cccc1Cl)C(=O)COc1cccc2ccccc12. The van der Waals surface area contributed by atoms with E-state index in [0.29, 0.717) is 27.9 Å². The standard InChI is InChI=1S/C26H28Cl2N2O3/c1-3-4-15-29-26(32)18(2)30(16-21-22(27)12-8-13-23(21)28)25(31)17-33-24-14-7-10-19-9-5-6-11-20(19)24/h5-14,18H,3-4,15-17H2,1-2H3,(H,29,32). The second kappa shape index (κ2) is 11.9. The molecule has 3 rings (SSSR count). The van der Waals surface area contributed by atoms with Crippen LogP contribution in [0.1, 0.15) is 32.3 Å². The highest BCUT2D eigenvalue weighted by Crippen LogP contribution is 2.28. The van der Waals surface area contributed by atoms with Crippen molar-refractivity contribution in [3.05, 3.63) is 76.3 Å². The monoisotopic (exact) mass is 486 g/mol. The molecule has 3 aromatic carbocycles. The normalized spacial score (nSPS) is 11.8. The number of benzene rings is 3. The van der Waals surface area contributed by atoms with E-state index in [1.807, 2.05) is 42.5 Å². The highest BCUT2D eigenvalue weighted by Gasteiger charge is 2.27. The molecule has 0 fully saturated rings. The summed E-state index contributed by atoms with van der Waals surface area (Å²) in [5, 5.41) is 5.70. The van der Waals surface area contributed by atoms with E-state index in [1.165, 1.54) is 4.90 Å². The number of hydrogen-bond donors (Lipinski definition) is 1. The Labute approximate surface area is 204 Å². The second-order valence-electron chi connectivity index (χ2n) is 7.81. The summed E-state index contributed by atoms with van der Waals surface area (Å²) in [5.74, 6) is 0.0411. The summed E-state index contributed by atoms with van der Waals surface area (Å²) >= 11 is 12.7. The number of halogens is 2. The van der Waals surface area contributed by atoms with Crippen molar-refractivity contribution >= 4 is 45.8 Å². The lowest BCUT2D eigenvalue weighted by Gasteiger charge is -2.29.